The van der Waals surface area contributed by atoms with E-state index in [-0.39, 0.29) is 17.0 Å². The maximum absolute atomic E-state index is 12.2. The predicted molar refractivity (Wildman–Crippen MR) is 115 cm³/mol. The number of aromatic carboxylic acids is 1. The molecule has 0 unspecified atom stereocenters. The van der Waals surface area contributed by atoms with Crippen LogP contribution in [0.25, 0.3) is 0 Å². The number of carboxylic acid groups (broad SMARTS) is 1. The summed E-state index contributed by atoms with van der Waals surface area (Å²) in [5, 5.41) is 17.9. The Balaban J connectivity index is 2.00. The topological polar surface area (TPSA) is 119 Å². The highest BCUT2D eigenvalue weighted by Gasteiger charge is 2.23. The molecule has 0 amide bonds. The lowest BCUT2D eigenvalue weighted by atomic mass is 10.1. The number of anilines is 1. The van der Waals surface area contributed by atoms with Gasteiger partial charge in [-0.05, 0) is 43.2 Å². The van der Waals surface area contributed by atoms with Gasteiger partial charge in [-0.2, -0.15) is 0 Å². The number of aryl methyl sites for hydroxylation is 1. The molecule has 7 nitrogen and oxygen atoms in total. The van der Waals surface area contributed by atoms with Gasteiger partial charge in [0.25, 0.3) is 0 Å². The van der Waals surface area contributed by atoms with Crippen molar-refractivity contribution in [3.8, 4) is 11.5 Å². The SMILES string of the molecule is Cc1ccc(Oc2c(NCCc3ccccc3)cc(C(=O)O)cc2S(N)(=O)=O)cc1. The van der Waals surface area contributed by atoms with E-state index in [1.54, 1.807) is 12.1 Å². The number of hydrogen-bond donors (Lipinski definition) is 3. The lowest BCUT2D eigenvalue weighted by Gasteiger charge is -2.17. The van der Waals surface area contributed by atoms with Gasteiger partial charge in [0.2, 0.25) is 10.0 Å². The number of hydrogen-bond acceptors (Lipinski definition) is 5. The van der Waals surface area contributed by atoms with Gasteiger partial charge in [0, 0.05) is 6.54 Å². The van der Waals surface area contributed by atoms with Gasteiger partial charge in [-0.15, -0.1) is 0 Å². The average Bonchev–Trinajstić information content (AvgIpc) is 2.70. The summed E-state index contributed by atoms with van der Waals surface area (Å²) < 4.78 is 30.2. The molecule has 156 valence electrons. The van der Waals surface area contributed by atoms with Crippen LogP contribution in [0.15, 0.2) is 71.6 Å². The highest BCUT2D eigenvalue weighted by Crippen LogP contribution is 2.37. The molecule has 0 fully saturated rings. The number of nitrogens with two attached hydrogens (primary N) is 1. The monoisotopic (exact) mass is 426 g/mol. The number of sulfonamides is 1. The third-order valence-electron chi connectivity index (χ3n) is 4.42. The molecule has 3 aromatic rings. The van der Waals surface area contributed by atoms with E-state index in [1.165, 1.54) is 6.07 Å². The summed E-state index contributed by atoms with van der Waals surface area (Å²) in [4.78, 5) is 11.1. The summed E-state index contributed by atoms with van der Waals surface area (Å²) in [5.74, 6) is -0.910. The number of ether oxygens (including phenoxy) is 1. The van der Waals surface area contributed by atoms with Gasteiger partial charge < -0.3 is 15.2 Å². The predicted octanol–water partition coefficient (Wildman–Crippen LogP) is 3.79. The second-order valence-corrected chi connectivity index (χ2v) is 8.31. The molecular formula is C22H22N2O5S. The van der Waals surface area contributed by atoms with E-state index < -0.39 is 20.9 Å². The number of nitrogens with one attached hydrogen (secondary N) is 1. The summed E-state index contributed by atoms with van der Waals surface area (Å²) in [6.07, 6.45) is 0.646. The van der Waals surface area contributed by atoms with Crippen molar-refractivity contribution in [1.29, 1.82) is 0 Å². The quantitative estimate of drug-likeness (QED) is 0.504. The van der Waals surface area contributed by atoms with E-state index in [1.807, 2.05) is 49.4 Å². The minimum Gasteiger partial charge on any atom is -0.478 e. The van der Waals surface area contributed by atoms with Gasteiger partial charge in [-0.1, -0.05) is 48.0 Å². The first-order valence-corrected chi connectivity index (χ1v) is 10.7. The molecule has 0 atom stereocenters. The molecule has 0 heterocycles. The largest absolute Gasteiger partial charge is 0.478 e. The van der Waals surface area contributed by atoms with Gasteiger partial charge in [0.1, 0.15) is 10.6 Å². The Kier molecular flexibility index (Phi) is 6.39. The van der Waals surface area contributed by atoms with Crippen LogP contribution < -0.4 is 15.2 Å². The maximum atomic E-state index is 12.2. The van der Waals surface area contributed by atoms with Gasteiger partial charge in [-0.25, -0.2) is 18.4 Å². The van der Waals surface area contributed by atoms with Crippen molar-refractivity contribution in [1.82, 2.24) is 0 Å². The standard InChI is InChI=1S/C22H22N2O5S/c1-15-7-9-18(10-8-15)29-21-19(24-12-11-16-5-3-2-4-6-16)13-17(22(25)26)14-20(21)30(23,27)28/h2-10,13-14,24H,11-12H2,1H3,(H,25,26)(H2,23,27,28). The minimum atomic E-state index is -4.25. The molecule has 0 saturated carbocycles. The summed E-state index contributed by atoms with van der Waals surface area (Å²) in [5.41, 5.74) is 2.11. The van der Waals surface area contributed by atoms with Crippen molar-refractivity contribution in [3.05, 3.63) is 83.4 Å². The molecule has 0 aliphatic rings. The van der Waals surface area contributed by atoms with Gasteiger partial charge >= 0.3 is 5.97 Å². The molecule has 3 aromatic carbocycles. The minimum absolute atomic E-state index is 0.0422. The van der Waals surface area contributed by atoms with Gasteiger partial charge in [0.15, 0.2) is 5.75 Å². The molecule has 0 radical (unpaired) electrons. The van der Waals surface area contributed by atoms with E-state index in [0.717, 1.165) is 17.2 Å². The van der Waals surface area contributed by atoms with Crippen molar-refractivity contribution < 1.29 is 23.1 Å². The fourth-order valence-corrected chi connectivity index (χ4v) is 3.59. The van der Waals surface area contributed by atoms with Crippen LogP contribution in [0.1, 0.15) is 21.5 Å². The molecule has 0 aromatic heterocycles. The van der Waals surface area contributed by atoms with Crippen LogP contribution in [0.2, 0.25) is 0 Å². The van der Waals surface area contributed by atoms with Crippen LogP contribution in [0.3, 0.4) is 0 Å². The second kappa shape index (κ2) is 8.98. The third-order valence-corrected chi connectivity index (χ3v) is 5.34. The van der Waals surface area contributed by atoms with Gasteiger partial charge in [0.05, 0.1) is 11.3 Å². The third kappa shape index (κ3) is 5.37. The van der Waals surface area contributed by atoms with Gasteiger partial charge in [-0.3, -0.25) is 0 Å². The van der Waals surface area contributed by atoms with Crippen molar-refractivity contribution in [3.63, 3.8) is 0 Å². The zero-order valence-electron chi connectivity index (χ0n) is 16.3. The molecular weight excluding hydrogens is 404 g/mol. The number of carboxylic acids is 1. The highest BCUT2D eigenvalue weighted by molar-refractivity contribution is 7.89. The number of benzene rings is 3. The molecule has 0 spiro atoms. The van der Waals surface area contributed by atoms with Crippen molar-refractivity contribution in [2.45, 2.75) is 18.2 Å². The molecule has 8 heteroatoms. The summed E-state index contributed by atoms with van der Waals surface area (Å²) in [6, 6.07) is 19.1. The molecule has 3 rings (SSSR count). The van der Waals surface area contributed by atoms with Crippen LogP contribution in [-0.4, -0.2) is 26.0 Å². The van der Waals surface area contributed by atoms with E-state index in [4.69, 9.17) is 9.88 Å². The fourth-order valence-electron chi connectivity index (χ4n) is 2.88. The fraction of sp³-hybridized carbons (Fsp3) is 0.136. The lowest BCUT2D eigenvalue weighted by Crippen LogP contribution is -2.16. The lowest BCUT2D eigenvalue weighted by molar-refractivity contribution is 0.0696. The van der Waals surface area contributed by atoms with Crippen molar-refractivity contribution in [2.75, 3.05) is 11.9 Å². The Morgan fingerprint density at radius 2 is 1.73 bits per heavy atom. The Hall–Kier alpha value is -3.36. The zero-order chi connectivity index (χ0) is 21.7. The zero-order valence-corrected chi connectivity index (χ0v) is 17.1. The number of rotatable bonds is 8. The Morgan fingerprint density at radius 3 is 2.33 bits per heavy atom. The van der Waals surface area contributed by atoms with E-state index in [2.05, 4.69) is 5.32 Å². The molecule has 0 bridgehead atoms. The first kappa shape index (κ1) is 21.4. The van der Waals surface area contributed by atoms with Crippen molar-refractivity contribution >= 4 is 21.7 Å². The molecule has 0 aliphatic heterocycles. The van der Waals surface area contributed by atoms with Crippen LogP contribution in [0.4, 0.5) is 5.69 Å². The van der Waals surface area contributed by atoms with E-state index in [0.29, 0.717) is 18.7 Å². The van der Waals surface area contributed by atoms with E-state index >= 15 is 0 Å². The summed E-state index contributed by atoms with van der Waals surface area (Å²) in [7, 11) is -4.25. The summed E-state index contributed by atoms with van der Waals surface area (Å²) >= 11 is 0. The highest BCUT2D eigenvalue weighted by atomic mass is 32.2. The second-order valence-electron chi connectivity index (χ2n) is 6.78. The molecule has 0 saturated heterocycles. The Bertz CT molecular complexity index is 1140. The number of primary sulfonamides is 1. The van der Waals surface area contributed by atoms with Crippen LogP contribution >= 0.6 is 0 Å². The molecule has 0 aliphatic carbocycles. The smallest absolute Gasteiger partial charge is 0.335 e. The van der Waals surface area contributed by atoms with Crippen LogP contribution in [0.5, 0.6) is 11.5 Å². The van der Waals surface area contributed by atoms with Crippen molar-refractivity contribution in [2.24, 2.45) is 5.14 Å². The number of carbonyl (C=O) groups is 1. The Labute approximate surface area is 175 Å². The first-order chi connectivity index (χ1) is 14.2. The normalized spacial score (nSPS) is 11.1. The average molecular weight is 426 g/mol. The summed E-state index contributed by atoms with van der Waals surface area (Å²) in [6.45, 7) is 2.35. The molecule has 4 N–H and O–H groups in total. The van der Waals surface area contributed by atoms with Crippen LogP contribution in [-0.2, 0) is 16.4 Å². The van der Waals surface area contributed by atoms with E-state index in [9.17, 15) is 18.3 Å². The first-order valence-electron chi connectivity index (χ1n) is 9.20. The molecule has 30 heavy (non-hydrogen) atoms. The Morgan fingerprint density at radius 1 is 1.07 bits per heavy atom. The van der Waals surface area contributed by atoms with Crippen LogP contribution in [0, 0.1) is 6.92 Å². The maximum Gasteiger partial charge on any atom is 0.335 e.